The van der Waals surface area contributed by atoms with Gasteiger partial charge in [0, 0.05) is 34.3 Å². The lowest BCUT2D eigenvalue weighted by atomic mass is 10.1. The van der Waals surface area contributed by atoms with E-state index in [-0.39, 0.29) is 5.75 Å². The Morgan fingerprint density at radius 2 is 1.96 bits per heavy atom. The number of hydrogen-bond donors (Lipinski definition) is 3. The first-order valence-electron chi connectivity index (χ1n) is 7.67. The molecule has 0 fully saturated rings. The van der Waals surface area contributed by atoms with Gasteiger partial charge in [0.1, 0.15) is 5.75 Å². The van der Waals surface area contributed by atoms with Crippen LogP contribution >= 0.6 is 22.7 Å². The largest absolute Gasteiger partial charge is 0.508 e. The minimum Gasteiger partial charge on any atom is -0.508 e. The SMILES string of the molecule is Oc1ccc(-c2cc(-c3csc(NC4=NCCCN4)n3)cs2)cc1. The second kappa shape index (κ2) is 6.62. The molecule has 0 amide bonds. The van der Waals surface area contributed by atoms with E-state index in [0.717, 1.165) is 52.3 Å². The summed E-state index contributed by atoms with van der Waals surface area (Å²) in [5.74, 6) is 1.09. The molecule has 3 aromatic rings. The zero-order valence-corrected chi connectivity index (χ0v) is 14.5. The van der Waals surface area contributed by atoms with Crippen LogP contribution in [0.2, 0.25) is 0 Å². The highest BCUT2D eigenvalue weighted by molar-refractivity contribution is 7.15. The van der Waals surface area contributed by atoms with Gasteiger partial charge in [-0.25, -0.2) is 4.98 Å². The van der Waals surface area contributed by atoms with Crippen LogP contribution in [-0.4, -0.2) is 29.1 Å². The van der Waals surface area contributed by atoms with Crippen molar-refractivity contribution in [2.75, 3.05) is 18.4 Å². The maximum Gasteiger partial charge on any atom is 0.197 e. The van der Waals surface area contributed by atoms with Crippen molar-refractivity contribution in [3.05, 3.63) is 41.1 Å². The van der Waals surface area contributed by atoms with Crippen LogP contribution in [0.1, 0.15) is 6.42 Å². The summed E-state index contributed by atoms with van der Waals surface area (Å²) in [6.07, 6.45) is 1.07. The van der Waals surface area contributed by atoms with Crippen molar-refractivity contribution in [3.8, 4) is 27.4 Å². The van der Waals surface area contributed by atoms with E-state index in [1.165, 1.54) is 0 Å². The third-order valence-corrected chi connectivity index (χ3v) is 5.41. The zero-order valence-electron chi connectivity index (χ0n) is 12.8. The van der Waals surface area contributed by atoms with Crippen molar-refractivity contribution in [2.24, 2.45) is 4.99 Å². The van der Waals surface area contributed by atoms with Gasteiger partial charge in [0.2, 0.25) is 0 Å². The van der Waals surface area contributed by atoms with Gasteiger partial charge in [-0.1, -0.05) is 0 Å². The quantitative estimate of drug-likeness (QED) is 0.663. The molecule has 1 aromatic carbocycles. The average Bonchev–Trinajstić information content (AvgIpc) is 3.26. The van der Waals surface area contributed by atoms with Crippen molar-refractivity contribution in [3.63, 3.8) is 0 Å². The van der Waals surface area contributed by atoms with Crippen molar-refractivity contribution in [2.45, 2.75) is 6.42 Å². The summed E-state index contributed by atoms with van der Waals surface area (Å²) in [5.41, 5.74) is 3.16. The molecular weight excluding hydrogens is 340 g/mol. The highest BCUT2D eigenvalue weighted by atomic mass is 32.1. The Balaban J connectivity index is 1.52. The maximum absolute atomic E-state index is 9.40. The molecule has 0 spiro atoms. The number of nitrogens with one attached hydrogen (secondary N) is 2. The number of benzene rings is 1. The highest BCUT2D eigenvalue weighted by Gasteiger charge is 2.11. The topological polar surface area (TPSA) is 69.5 Å². The van der Waals surface area contributed by atoms with E-state index in [2.05, 4.69) is 32.1 Å². The number of hydrogen-bond acceptors (Lipinski definition) is 7. The van der Waals surface area contributed by atoms with E-state index < -0.39 is 0 Å². The molecular formula is C17H16N4OS2. The van der Waals surface area contributed by atoms with Crippen molar-refractivity contribution >= 4 is 33.8 Å². The molecule has 5 nitrogen and oxygen atoms in total. The van der Waals surface area contributed by atoms with Crippen LogP contribution in [0, 0.1) is 0 Å². The van der Waals surface area contributed by atoms with Crippen molar-refractivity contribution < 1.29 is 5.11 Å². The summed E-state index contributed by atoms with van der Waals surface area (Å²) in [6, 6.07) is 9.39. The number of rotatable bonds is 3. The molecule has 0 radical (unpaired) electrons. The summed E-state index contributed by atoms with van der Waals surface area (Å²) < 4.78 is 0. The van der Waals surface area contributed by atoms with Gasteiger partial charge in [-0.3, -0.25) is 4.99 Å². The fourth-order valence-corrected chi connectivity index (χ4v) is 4.06. The number of phenolic OH excluding ortho intramolecular Hbond substituents is 1. The molecule has 3 heterocycles. The summed E-state index contributed by atoms with van der Waals surface area (Å²) in [7, 11) is 0. The van der Waals surface area contributed by atoms with Gasteiger partial charge in [0.15, 0.2) is 11.1 Å². The van der Waals surface area contributed by atoms with Crippen LogP contribution in [0.3, 0.4) is 0 Å². The predicted molar refractivity (Wildman–Crippen MR) is 101 cm³/mol. The van der Waals surface area contributed by atoms with E-state index in [9.17, 15) is 5.11 Å². The van der Waals surface area contributed by atoms with E-state index in [0.29, 0.717) is 0 Å². The normalized spacial score (nSPS) is 14.1. The van der Waals surface area contributed by atoms with Crippen LogP contribution in [0.15, 0.2) is 46.1 Å². The van der Waals surface area contributed by atoms with E-state index >= 15 is 0 Å². The van der Waals surface area contributed by atoms with Crippen LogP contribution in [0.5, 0.6) is 5.75 Å². The smallest absolute Gasteiger partial charge is 0.197 e. The number of aromatic nitrogens is 1. The van der Waals surface area contributed by atoms with Gasteiger partial charge in [0.25, 0.3) is 0 Å². The number of aliphatic imine (C=N–C) groups is 1. The van der Waals surface area contributed by atoms with Crippen LogP contribution < -0.4 is 10.6 Å². The Kier molecular flexibility index (Phi) is 4.18. The first-order chi connectivity index (χ1) is 11.8. The molecule has 0 unspecified atom stereocenters. The minimum atomic E-state index is 0.282. The van der Waals surface area contributed by atoms with Gasteiger partial charge in [-0.15, -0.1) is 22.7 Å². The number of guanidine groups is 1. The summed E-state index contributed by atoms with van der Waals surface area (Å²) in [6.45, 7) is 1.80. The molecule has 0 bridgehead atoms. The van der Waals surface area contributed by atoms with Crippen LogP contribution in [0.25, 0.3) is 21.7 Å². The maximum atomic E-state index is 9.40. The Labute approximate surface area is 147 Å². The number of aromatic hydroxyl groups is 1. The van der Waals surface area contributed by atoms with E-state index in [4.69, 9.17) is 0 Å². The third-order valence-electron chi connectivity index (χ3n) is 3.67. The molecule has 4 rings (SSSR count). The van der Waals surface area contributed by atoms with Gasteiger partial charge < -0.3 is 15.7 Å². The van der Waals surface area contributed by atoms with Gasteiger partial charge in [-0.2, -0.15) is 0 Å². The zero-order chi connectivity index (χ0) is 16.4. The number of anilines is 1. The molecule has 24 heavy (non-hydrogen) atoms. The van der Waals surface area contributed by atoms with Crippen molar-refractivity contribution in [1.29, 1.82) is 0 Å². The lowest BCUT2D eigenvalue weighted by Crippen LogP contribution is -2.35. The van der Waals surface area contributed by atoms with Gasteiger partial charge >= 0.3 is 0 Å². The van der Waals surface area contributed by atoms with Crippen LogP contribution in [0.4, 0.5) is 5.13 Å². The Morgan fingerprint density at radius 3 is 2.75 bits per heavy atom. The standard InChI is InChI=1S/C17H16N4OS2/c22-13-4-2-11(3-5-13)15-8-12(9-23-15)14-10-24-17(20-14)21-16-18-6-1-7-19-16/h2-5,8-10,22H,1,6-7H2,(H2,18,19,20,21). The third kappa shape index (κ3) is 3.27. The molecule has 0 saturated carbocycles. The first kappa shape index (κ1) is 15.2. The number of phenols is 1. The van der Waals surface area contributed by atoms with Gasteiger partial charge in [0.05, 0.1) is 5.69 Å². The molecule has 3 N–H and O–H groups in total. The number of thiazole rings is 1. The minimum absolute atomic E-state index is 0.282. The molecule has 0 atom stereocenters. The fourth-order valence-electron chi connectivity index (χ4n) is 2.43. The highest BCUT2D eigenvalue weighted by Crippen LogP contribution is 2.34. The van der Waals surface area contributed by atoms with E-state index in [1.54, 1.807) is 34.8 Å². The van der Waals surface area contributed by atoms with Crippen molar-refractivity contribution in [1.82, 2.24) is 10.3 Å². The molecule has 0 saturated heterocycles. The Morgan fingerprint density at radius 1 is 1.08 bits per heavy atom. The molecule has 1 aliphatic heterocycles. The molecule has 2 aromatic heterocycles. The van der Waals surface area contributed by atoms with Gasteiger partial charge in [-0.05, 0) is 42.3 Å². The predicted octanol–water partition coefficient (Wildman–Crippen LogP) is 4.01. The summed E-state index contributed by atoms with van der Waals surface area (Å²) >= 11 is 3.25. The van der Waals surface area contributed by atoms with Crippen LogP contribution in [-0.2, 0) is 0 Å². The Bertz CT molecular complexity index is 867. The second-order valence-electron chi connectivity index (χ2n) is 5.42. The first-order valence-corrected chi connectivity index (χ1v) is 9.43. The monoisotopic (exact) mass is 356 g/mol. The lowest BCUT2D eigenvalue weighted by Gasteiger charge is -2.14. The number of thiophene rings is 1. The average molecular weight is 356 g/mol. The molecule has 1 aliphatic rings. The van der Waals surface area contributed by atoms with E-state index in [1.807, 2.05) is 17.5 Å². The molecule has 0 aliphatic carbocycles. The molecule has 122 valence electrons. The molecule has 7 heteroatoms. The lowest BCUT2D eigenvalue weighted by molar-refractivity contribution is 0.475. The Hall–Kier alpha value is -2.38. The fraction of sp³-hybridized carbons (Fsp3) is 0.176. The number of nitrogens with zero attached hydrogens (tertiary/aromatic N) is 2. The second-order valence-corrected chi connectivity index (χ2v) is 7.19. The summed E-state index contributed by atoms with van der Waals surface area (Å²) in [5, 5.41) is 20.9. The summed E-state index contributed by atoms with van der Waals surface area (Å²) in [4.78, 5) is 10.2.